The summed E-state index contributed by atoms with van der Waals surface area (Å²) < 4.78 is 31.7. The van der Waals surface area contributed by atoms with E-state index in [4.69, 9.17) is 4.74 Å². The van der Waals surface area contributed by atoms with Crippen LogP contribution in [0.1, 0.15) is 12.5 Å². The van der Waals surface area contributed by atoms with Gasteiger partial charge in [-0.2, -0.15) is 0 Å². The first kappa shape index (κ1) is 22.4. The van der Waals surface area contributed by atoms with Gasteiger partial charge in [-0.1, -0.05) is 18.2 Å². The summed E-state index contributed by atoms with van der Waals surface area (Å²) >= 11 is 6.98. The maximum atomic E-state index is 12.2. The summed E-state index contributed by atoms with van der Waals surface area (Å²) in [4.78, 5) is 0.360. The average Bonchev–Trinajstić information content (AvgIpc) is 2.56. The van der Waals surface area contributed by atoms with E-state index in [0.717, 1.165) is 20.3 Å². The molecule has 2 rings (SSSR count). The van der Waals surface area contributed by atoms with Crippen molar-refractivity contribution in [3.05, 3.63) is 57.0 Å². The van der Waals surface area contributed by atoms with E-state index in [1.165, 1.54) is 0 Å². The molecular weight excluding hydrogens is 494 g/mol. The average molecular weight is 514 g/mol. The molecule has 0 bridgehead atoms. The SMILES string of the molecule is CCOc1c(Br)cc(CNCCS(=O)(=O)c2ccccc2)cc1Br.Cl. The number of hydrogen-bond donors (Lipinski definition) is 1. The molecular formula is C17H20Br2ClNO3S. The van der Waals surface area contributed by atoms with E-state index < -0.39 is 9.84 Å². The molecule has 0 heterocycles. The highest BCUT2D eigenvalue weighted by molar-refractivity contribution is 9.11. The van der Waals surface area contributed by atoms with Crippen LogP contribution in [0.25, 0.3) is 0 Å². The third kappa shape index (κ3) is 6.57. The molecule has 0 aliphatic carbocycles. The molecule has 0 spiro atoms. The molecule has 0 aliphatic rings. The van der Waals surface area contributed by atoms with E-state index in [1.807, 2.05) is 19.1 Å². The van der Waals surface area contributed by atoms with Crippen molar-refractivity contribution >= 4 is 54.1 Å². The summed E-state index contributed by atoms with van der Waals surface area (Å²) in [5, 5.41) is 3.17. The van der Waals surface area contributed by atoms with E-state index in [-0.39, 0.29) is 18.2 Å². The summed E-state index contributed by atoms with van der Waals surface area (Å²) in [5.41, 5.74) is 1.04. The van der Waals surface area contributed by atoms with E-state index >= 15 is 0 Å². The quantitative estimate of drug-likeness (QED) is 0.525. The number of sulfone groups is 1. The summed E-state index contributed by atoms with van der Waals surface area (Å²) in [6, 6.07) is 12.4. The molecule has 0 aliphatic heterocycles. The Kier molecular flexibility index (Phi) is 9.45. The van der Waals surface area contributed by atoms with Crippen molar-refractivity contribution < 1.29 is 13.2 Å². The number of rotatable bonds is 8. The molecule has 0 saturated carbocycles. The monoisotopic (exact) mass is 511 g/mol. The van der Waals surface area contributed by atoms with Gasteiger partial charge in [0.25, 0.3) is 0 Å². The summed E-state index contributed by atoms with van der Waals surface area (Å²) in [6.45, 7) is 3.49. The lowest BCUT2D eigenvalue weighted by molar-refractivity contribution is 0.336. The van der Waals surface area contributed by atoms with E-state index in [9.17, 15) is 8.42 Å². The fourth-order valence-corrected chi connectivity index (χ4v) is 4.91. The van der Waals surface area contributed by atoms with Crippen LogP contribution in [0.4, 0.5) is 0 Å². The number of benzene rings is 2. The van der Waals surface area contributed by atoms with Gasteiger partial charge < -0.3 is 10.1 Å². The fourth-order valence-electron chi connectivity index (χ4n) is 2.18. The van der Waals surface area contributed by atoms with Crippen LogP contribution >= 0.6 is 44.3 Å². The Morgan fingerprint density at radius 1 is 1.08 bits per heavy atom. The van der Waals surface area contributed by atoms with E-state index in [2.05, 4.69) is 37.2 Å². The van der Waals surface area contributed by atoms with Crippen LogP contribution < -0.4 is 10.1 Å². The first-order valence-corrected chi connectivity index (χ1v) is 10.8. The van der Waals surface area contributed by atoms with Gasteiger partial charge in [-0.05, 0) is 68.6 Å². The molecule has 1 N–H and O–H groups in total. The van der Waals surface area contributed by atoms with E-state index in [0.29, 0.717) is 24.6 Å². The lowest BCUT2D eigenvalue weighted by atomic mass is 10.2. The van der Waals surface area contributed by atoms with Gasteiger partial charge in [-0.25, -0.2) is 8.42 Å². The van der Waals surface area contributed by atoms with Crippen LogP contribution in [0, 0.1) is 0 Å². The van der Waals surface area contributed by atoms with Gasteiger partial charge in [0.05, 0.1) is 26.2 Å². The molecule has 0 aromatic heterocycles. The van der Waals surface area contributed by atoms with Crippen LogP contribution in [0.3, 0.4) is 0 Å². The van der Waals surface area contributed by atoms with Gasteiger partial charge in [0.1, 0.15) is 5.75 Å². The Labute approximate surface area is 171 Å². The minimum atomic E-state index is -3.25. The Hall–Kier alpha value is -0.600. The zero-order chi connectivity index (χ0) is 17.6. The van der Waals surface area contributed by atoms with Crippen LogP contribution in [0.15, 0.2) is 56.3 Å². The van der Waals surface area contributed by atoms with E-state index in [1.54, 1.807) is 30.3 Å². The zero-order valence-corrected chi connectivity index (χ0v) is 18.5. The lowest BCUT2D eigenvalue weighted by Gasteiger charge is -2.11. The molecule has 25 heavy (non-hydrogen) atoms. The molecule has 0 amide bonds. The smallest absolute Gasteiger partial charge is 0.179 e. The zero-order valence-electron chi connectivity index (χ0n) is 13.7. The van der Waals surface area contributed by atoms with Gasteiger partial charge in [-0.3, -0.25) is 0 Å². The highest BCUT2D eigenvalue weighted by atomic mass is 79.9. The van der Waals surface area contributed by atoms with Gasteiger partial charge >= 0.3 is 0 Å². The van der Waals surface area contributed by atoms with Crippen LogP contribution in [-0.4, -0.2) is 27.3 Å². The second-order valence-corrected chi connectivity index (χ2v) is 8.95. The molecule has 0 atom stereocenters. The molecule has 0 unspecified atom stereocenters. The van der Waals surface area contributed by atoms with Crippen molar-refractivity contribution in [2.75, 3.05) is 18.9 Å². The third-order valence-electron chi connectivity index (χ3n) is 3.33. The number of nitrogens with one attached hydrogen (secondary N) is 1. The standard InChI is InChI=1S/C17H19Br2NO3S.ClH/c1-2-23-17-15(18)10-13(11-16(17)19)12-20-8-9-24(21,22)14-6-4-3-5-7-14;/h3-7,10-11,20H,2,8-9,12H2,1H3;1H. The first-order valence-electron chi connectivity index (χ1n) is 7.53. The molecule has 0 saturated heterocycles. The summed E-state index contributed by atoms with van der Waals surface area (Å²) in [6.07, 6.45) is 0. The highest BCUT2D eigenvalue weighted by Gasteiger charge is 2.13. The maximum Gasteiger partial charge on any atom is 0.179 e. The second kappa shape index (κ2) is 10.5. The lowest BCUT2D eigenvalue weighted by Crippen LogP contribution is -2.22. The van der Waals surface area contributed by atoms with Gasteiger partial charge in [0.15, 0.2) is 9.84 Å². The Morgan fingerprint density at radius 3 is 2.24 bits per heavy atom. The Morgan fingerprint density at radius 2 is 1.68 bits per heavy atom. The Bertz CT molecular complexity index is 763. The van der Waals surface area contributed by atoms with Crippen LogP contribution in [0.2, 0.25) is 0 Å². The predicted molar refractivity (Wildman–Crippen MR) is 110 cm³/mol. The van der Waals surface area contributed by atoms with Gasteiger partial charge in [0.2, 0.25) is 0 Å². The highest BCUT2D eigenvalue weighted by Crippen LogP contribution is 2.34. The maximum absolute atomic E-state index is 12.2. The van der Waals surface area contributed by atoms with Gasteiger partial charge in [-0.15, -0.1) is 12.4 Å². The van der Waals surface area contributed by atoms with Gasteiger partial charge in [0, 0.05) is 13.1 Å². The molecule has 8 heteroatoms. The molecule has 4 nitrogen and oxygen atoms in total. The largest absolute Gasteiger partial charge is 0.492 e. The molecule has 2 aromatic carbocycles. The molecule has 0 radical (unpaired) electrons. The predicted octanol–water partition coefficient (Wildman–Crippen LogP) is 4.60. The van der Waals surface area contributed by atoms with Crippen LogP contribution in [0.5, 0.6) is 5.75 Å². The summed E-state index contributed by atoms with van der Waals surface area (Å²) in [7, 11) is -3.25. The van der Waals surface area contributed by atoms with Crippen molar-refractivity contribution in [3.8, 4) is 5.75 Å². The van der Waals surface area contributed by atoms with Crippen molar-refractivity contribution in [1.29, 1.82) is 0 Å². The Balaban J connectivity index is 0.00000312. The normalized spacial score (nSPS) is 11.0. The topological polar surface area (TPSA) is 55.4 Å². The minimum Gasteiger partial charge on any atom is -0.492 e. The number of hydrogen-bond acceptors (Lipinski definition) is 4. The van der Waals surface area contributed by atoms with Crippen molar-refractivity contribution in [2.24, 2.45) is 0 Å². The number of ether oxygens (including phenoxy) is 1. The van der Waals surface area contributed by atoms with Crippen molar-refractivity contribution in [1.82, 2.24) is 5.32 Å². The molecule has 2 aromatic rings. The third-order valence-corrected chi connectivity index (χ3v) is 6.24. The molecule has 0 fully saturated rings. The van der Waals surface area contributed by atoms with Crippen molar-refractivity contribution in [2.45, 2.75) is 18.4 Å². The first-order chi connectivity index (χ1) is 11.4. The van der Waals surface area contributed by atoms with Crippen molar-refractivity contribution in [3.63, 3.8) is 0 Å². The minimum absolute atomic E-state index is 0. The summed E-state index contributed by atoms with van der Waals surface area (Å²) in [5.74, 6) is 0.837. The molecule has 138 valence electrons. The second-order valence-electron chi connectivity index (χ2n) is 5.13. The number of halogens is 3. The van der Waals surface area contributed by atoms with Crippen LogP contribution in [-0.2, 0) is 16.4 Å². The fraction of sp³-hybridized carbons (Fsp3) is 0.294.